The molecule has 0 aliphatic carbocycles. The summed E-state index contributed by atoms with van der Waals surface area (Å²) in [6.07, 6.45) is 0.290. The maximum atomic E-state index is 13.0. The number of methoxy groups -OCH3 is 2. The van der Waals surface area contributed by atoms with Crippen LogP contribution in [-0.4, -0.2) is 42.1 Å². The minimum atomic E-state index is -1.02. The van der Waals surface area contributed by atoms with Gasteiger partial charge in [-0.2, -0.15) is 0 Å². The van der Waals surface area contributed by atoms with Gasteiger partial charge in [0.05, 0.1) is 14.2 Å². The number of ether oxygens (including phenoxy) is 2. The van der Waals surface area contributed by atoms with Crippen molar-refractivity contribution in [2.75, 3.05) is 14.2 Å². The van der Waals surface area contributed by atoms with Gasteiger partial charge in [-0.3, -0.25) is 4.79 Å². The molecule has 6 heteroatoms. The fourth-order valence-corrected chi connectivity index (χ4v) is 3.05. The van der Waals surface area contributed by atoms with Crippen molar-refractivity contribution in [1.82, 2.24) is 4.90 Å². The van der Waals surface area contributed by atoms with Crippen LogP contribution in [0.1, 0.15) is 21.5 Å². The highest BCUT2D eigenvalue weighted by Crippen LogP contribution is 2.28. The van der Waals surface area contributed by atoms with Crippen LogP contribution in [0, 0.1) is 0 Å². The van der Waals surface area contributed by atoms with Crippen LogP contribution >= 0.6 is 0 Å². The molecule has 25 heavy (non-hydrogen) atoms. The highest BCUT2D eigenvalue weighted by molar-refractivity contribution is 5.97. The van der Waals surface area contributed by atoms with E-state index in [1.54, 1.807) is 18.2 Å². The van der Waals surface area contributed by atoms with E-state index in [0.29, 0.717) is 23.5 Å². The number of hydrogen-bond donors (Lipinski definition) is 1. The first-order valence-corrected chi connectivity index (χ1v) is 7.87. The number of carboxylic acid groups (broad SMARTS) is 1. The van der Waals surface area contributed by atoms with Crippen molar-refractivity contribution in [3.63, 3.8) is 0 Å². The molecule has 0 fully saturated rings. The van der Waals surface area contributed by atoms with E-state index in [1.807, 2.05) is 24.3 Å². The highest BCUT2D eigenvalue weighted by atomic mass is 16.5. The maximum Gasteiger partial charge on any atom is 0.326 e. The van der Waals surface area contributed by atoms with Gasteiger partial charge in [0.25, 0.3) is 5.91 Å². The Balaban J connectivity index is 1.99. The zero-order valence-electron chi connectivity index (χ0n) is 14.1. The molecular formula is C19H19NO5. The molecule has 3 rings (SSSR count). The number of nitrogens with zero attached hydrogens (tertiary/aromatic N) is 1. The Labute approximate surface area is 145 Å². The van der Waals surface area contributed by atoms with E-state index in [9.17, 15) is 14.7 Å². The number of aliphatic carboxylic acids is 1. The maximum absolute atomic E-state index is 13.0. The minimum absolute atomic E-state index is 0.255. The molecule has 1 amide bonds. The standard InChI is InChI=1S/C19H19NO5/c1-24-15-7-14(8-16(10-15)25-2)18(21)20-11-13-6-4-3-5-12(13)9-17(20)19(22)23/h3-8,10,17H,9,11H2,1-2H3,(H,22,23). The third kappa shape index (κ3) is 3.28. The predicted octanol–water partition coefficient (Wildman–Crippen LogP) is 2.36. The SMILES string of the molecule is COc1cc(OC)cc(C(=O)N2Cc3ccccc3CC2C(=O)O)c1. The fraction of sp³-hybridized carbons (Fsp3) is 0.263. The van der Waals surface area contributed by atoms with E-state index in [-0.39, 0.29) is 12.5 Å². The van der Waals surface area contributed by atoms with Crippen LogP contribution in [0.15, 0.2) is 42.5 Å². The van der Waals surface area contributed by atoms with Crippen molar-refractivity contribution in [2.45, 2.75) is 19.0 Å². The fourth-order valence-electron chi connectivity index (χ4n) is 3.05. The second-order valence-electron chi connectivity index (χ2n) is 5.86. The molecule has 0 saturated carbocycles. The lowest BCUT2D eigenvalue weighted by molar-refractivity contribution is -0.142. The van der Waals surface area contributed by atoms with E-state index in [1.165, 1.54) is 19.1 Å². The number of rotatable bonds is 4. The number of benzene rings is 2. The first kappa shape index (κ1) is 16.8. The average Bonchev–Trinajstić information content (AvgIpc) is 2.65. The number of carbonyl (C=O) groups is 2. The summed E-state index contributed by atoms with van der Waals surface area (Å²) < 4.78 is 10.4. The van der Waals surface area contributed by atoms with Gasteiger partial charge in [-0.1, -0.05) is 24.3 Å². The Morgan fingerprint density at radius 3 is 2.20 bits per heavy atom. The van der Waals surface area contributed by atoms with E-state index >= 15 is 0 Å². The first-order valence-electron chi connectivity index (χ1n) is 7.87. The van der Waals surface area contributed by atoms with Crippen LogP contribution < -0.4 is 9.47 Å². The van der Waals surface area contributed by atoms with Gasteiger partial charge < -0.3 is 19.5 Å². The Kier molecular flexibility index (Phi) is 4.61. The molecule has 6 nitrogen and oxygen atoms in total. The number of fused-ring (bicyclic) bond motifs is 1. The summed E-state index contributed by atoms with van der Waals surface area (Å²) in [5.74, 6) is -0.421. The predicted molar refractivity (Wildman–Crippen MR) is 91.0 cm³/mol. The molecule has 1 heterocycles. The number of amides is 1. The molecular weight excluding hydrogens is 322 g/mol. The van der Waals surface area contributed by atoms with Gasteiger partial charge in [0.1, 0.15) is 17.5 Å². The molecule has 1 aliphatic heterocycles. The topological polar surface area (TPSA) is 76.1 Å². The average molecular weight is 341 g/mol. The quantitative estimate of drug-likeness (QED) is 0.924. The first-order chi connectivity index (χ1) is 12.0. The monoisotopic (exact) mass is 341 g/mol. The van der Waals surface area contributed by atoms with Crippen molar-refractivity contribution in [3.8, 4) is 11.5 Å². The van der Waals surface area contributed by atoms with Crippen LogP contribution in [0.3, 0.4) is 0 Å². The van der Waals surface area contributed by atoms with Crippen molar-refractivity contribution < 1.29 is 24.2 Å². The van der Waals surface area contributed by atoms with Gasteiger partial charge in [-0.05, 0) is 23.3 Å². The lowest BCUT2D eigenvalue weighted by atomic mass is 9.93. The lowest BCUT2D eigenvalue weighted by Crippen LogP contribution is -2.48. The summed E-state index contributed by atoms with van der Waals surface area (Å²) in [6, 6.07) is 11.5. The van der Waals surface area contributed by atoms with Gasteiger partial charge in [0, 0.05) is 24.6 Å². The molecule has 0 aromatic heterocycles. The molecule has 2 aromatic rings. The Morgan fingerprint density at radius 1 is 1.04 bits per heavy atom. The largest absolute Gasteiger partial charge is 0.497 e. The van der Waals surface area contributed by atoms with E-state index in [2.05, 4.69) is 0 Å². The molecule has 1 aliphatic rings. The van der Waals surface area contributed by atoms with Gasteiger partial charge in [0.2, 0.25) is 0 Å². The molecule has 1 unspecified atom stereocenters. The summed E-state index contributed by atoms with van der Waals surface area (Å²) in [6.45, 7) is 0.255. The number of hydrogen-bond acceptors (Lipinski definition) is 4. The van der Waals surface area contributed by atoms with Gasteiger partial charge in [-0.15, -0.1) is 0 Å². The Hall–Kier alpha value is -3.02. The normalized spacial score (nSPS) is 16.1. The van der Waals surface area contributed by atoms with E-state index < -0.39 is 12.0 Å². The summed E-state index contributed by atoms with van der Waals surface area (Å²) in [5, 5.41) is 9.59. The summed E-state index contributed by atoms with van der Waals surface area (Å²) >= 11 is 0. The lowest BCUT2D eigenvalue weighted by Gasteiger charge is -2.34. The molecule has 130 valence electrons. The second-order valence-corrected chi connectivity index (χ2v) is 5.86. The summed E-state index contributed by atoms with van der Waals surface area (Å²) in [4.78, 5) is 26.1. The van der Waals surface area contributed by atoms with Crippen molar-refractivity contribution >= 4 is 11.9 Å². The minimum Gasteiger partial charge on any atom is -0.497 e. The summed E-state index contributed by atoms with van der Waals surface area (Å²) in [7, 11) is 3.00. The smallest absolute Gasteiger partial charge is 0.326 e. The zero-order valence-corrected chi connectivity index (χ0v) is 14.1. The molecule has 0 radical (unpaired) electrons. The van der Waals surface area contributed by atoms with Gasteiger partial charge in [-0.25, -0.2) is 4.79 Å². The van der Waals surface area contributed by atoms with Crippen LogP contribution in [0.2, 0.25) is 0 Å². The van der Waals surface area contributed by atoms with Crippen LogP contribution in [0.4, 0.5) is 0 Å². The number of carboxylic acids is 1. The van der Waals surface area contributed by atoms with Crippen LogP contribution in [0.5, 0.6) is 11.5 Å². The van der Waals surface area contributed by atoms with Crippen molar-refractivity contribution in [2.24, 2.45) is 0 Å². The molecule has 0 spiro atoms. The van der Waals surface area contributed by atoms with E-state index in [4.69, 9.17) is 9.47 Å². The Morgan fingerprint density at radius 2 is 1.64 bits per heavy atom. The molecule has 0 saturated heterocycles. The molecule has 1 atom stereocenters. The van der Waals surface area contributed by atoms with Gasteiger partial charge >= 0.3 is 5.97 Å². The van der Waals surface area contributed by atoms with E-state index in [0.717, 1.165) is 11.1 Å². The number of carbonyl (C=O) groups excluding carboxylic acids is 1. The van der Waals surface area contributed by atoms with Crippen LogP contribution in [-0.2, 0) is 17.8 Å². The second kappa shape index (κ2) is 6.84. The van der Waals surface area contributed by atoms with Crippen molar-refractivity contribution in [3.05, 3.63) is 59.2 Å². The molecule has 2 aromatic carbocycles. The van der Waals surface area contributed by atoms with Gasteiger partial charge in [0.15, 0.2) is 0 Å². The van der Waals surface area contributed by atoms with Crippen molar-refractivity contribution in [1.29, 1.82) is 0 Å². The summed E-state index contributed by atoms with van der Waals surface area (Å²) in [5.41, 5.74) is 2.26. The zero-order chi connectivity index (χ0) is 18.0. The van der Waals surface area contributed by atoms with Crippen LogP contribution in [0.25, 0.3) is 0 Å². The third-order valence-electron chi connectivity index (χ3n) is 4.39. The highest BCUT2D eigenvalue weighted by Gasteiger charge is 2.35. The molecule has 0 bridgehead atoms. The third-order valence-corrected chi connectivity index (χ3v) is 4.39. The Bertz CT molecular complexity index is 795. The molecule has 1 N–H and O–H groups in total.